The normalized spacial score (nSPS) is 27.8. The van der Waals surface area contributed by atoms with Crippen molar-refractivity contribution in [2.45, 2.75) is 114 Å². The monoisotopic (exact) mass is 801 g/mol. The Hall–Kier alpha value is -2.38. The number of aliphatic hydroxyl groups excluding tert-OH is 3. The van der Waals surface area contributed by atoms with Crippen LogP contribution in [0, 0.1) is 11.8 Å². The molecule has 19 heteroatoms. The summed E-state index contributed by atoms with van der Waals surface area (Å²) in [7, 11) is 2.89. The van der Waals surface area contributed by atoms with Crippen LogP contribution < -0.4 is 16.0 Å². The van der Waals surface area contributed by atoms with E-state index in [4.69, 9.17) is 43.5 Å². The third-order valence-electron chi connectivity index (χ3n) is 9.52. The SMILES string of the molecule is [B][C@@H]1O[C@H](COC(=O)OCc2ccccc2)C(OP(=O)(O)OC)[C@@H]1CCCCCNC(=S)NCCCCCCO[C@@H]1C[C@H](CO)[C@H](O)[C@H](O)[C@H]1NC(C)=O. The van der Waals surface area contributed by atoms with Gasteiger partial charge >= 0.3 is 14.0 Å². The fourth-order valence-electron chi connectivity index (χ4n) is 6.58. The second-order valence-corrected chi connectivity index (χ2v) is 15.5. The Morgan fingerprint density at radius 3 is 2.31 bits per heavy atom. The molecular formula is C35H57BN3O13PS. The minimum atomic E-state index is -4.40. The van der Waals surface area contributed by atoms with Gasteiger partial charge in [0, 0.05) is 58.2 Å². The molecular weight excluding hydrogens is 744 g/mol. The molecule has 7 N–H and O–H groups in total. The molecule has 54 heavy (non-hydrogen) atoms. The van der Waals surface area contributed by atoms with Crippen molar-refractivity contribution >= 4 is 45.1 Å². The maximum atomic E-state index is 12.3. The van der Waals surface area contributed by atoms with Crippen molar-refractivity contribution in [3.63, 3.8) is 0 Å². The molecule has 16 nitrogen and oxygen atoms in total. The highest BCUT2D eigenvalue weighted by molar-refractivity contribution is 7.80. The fourth-order valence-corrected chi connectivity index (χ4v) is 7.47. The van der Waals surface area contributed by atoms with E-state index in [2.05, 4.69) is 20.5 Å². The molecule has 10 atom stereocenters. The van der Waals surface area contributed by atoms with E-state index in [0.29, 0.717) is 37.7 Å². The molecule has 1 aromatic rings. The Bertz CT molecular complexity index is 1320. The summed E-state index contributed by atoms with van der Waals surface area (Å²) in [5, 5.41) is 39.8. The summed E-state index contributed by atoms with van der Waals surface area (Å²) in [6.07, 6.45) is 1.12. The molecule has 1 aliphatic carbocycles. The van der Waals surface area contributed by atoms with Crippen LogP contribution in [0.3, 0.4) is 0 Å². The predicted molar refractivity (Wildman–Crippen MR) is 202 cm³/mol. The van der Waals surface area contributed by atoms with Gasteiger partial charge in [-0.05, 0) is 49.9 Å². The Balaban J connectivity index is 1.26. The van der Waals surface area contributed by atoms with Crippen molar-refractivity contribution in [2.75, 3.05) is 40.0 Å². The van der Waals surface area contributed by atoms with Crippen LogP contribution in [0.5, 0.6) is 0 Å². The third-order valence-corrected chi connectivity index (χ3v) is 10.8. The van der Waals surface area contributed by atoms with Gasteiger partial charge in [-0.15, -0.1) is 0 Å². The molecule has 2 aliphatic rings. The summed E-state index contributed by atoms with van der Waals surface area (Å²) in [5.74, 6) is -1.30. The molecule has 1 saturated carbocycles. The Morgan fingerprint density at radius 1 is 1.00 bits per heavy atom. The highest BCUT2D eigenvalue weighted by Crippen LogP contribution is 2.48. The van der Waals surface area contributed by atoms with Crippen molar-refractivity contribution in [1.29, 1.82) is 0 Å². The second kappa shape index (κ2) is 24.3. The molecule has 3 rings (SSSR count). The zero-order valence-corrected chi connectivity index (χ0v) is 32.8. The lowest BCUT2D eigenvalue weighted by Crippen LogP contribution is -2.61. The van der Waals surface area contributed by atoms with E-state index in [9.17, 15) is 34.4 Å². The van der Waals surface area contributed by atoms with E-state index in [0.717, 1.165) is 57.6 Å². The van der Waals surface area contributed by atoms with Crippen molar-refractivity contribution in [3.8, 4) is 0 Å². The first-order chi connectivity index (χ1) is 25.8. The molecule has 1 saturated heterocycles. The van der Waals surface area contributed by atoms with E-state index in [-0.39, 0.29) is 25.7 Å². The standard InChI is InChI=1S/C35H57BN3O13PS/c1-23(41)39-29-27(19-25(20-40)30(42)31(29)43)48-18-12-4-3-10-16-37-34(54)38-17-11-6-9-15-26-32(52-53(45,46)47-2)28(51-33(26)36)22-50-35(44)49-21-24-13-7-5-8-14-24/h5,7-8,13-14,25-33,40,42-43H,3-4,6,9-12,15-22H2,1-2H3,(H,39,41)(H,45,46)(H2,37,38,54)/t25-,26+,27-,28-,29+,30+,31-,32?,33-/m1/s1. The van der Waals surface area contributed by atoms with Crippen LogP contribution in [-0.2, 0) is 44.0 Å². The van der Waals surface area contributed by atoms with E-state index in [1.165, 1.54) is 6.92 Å². The van der Waals surface area contributed by atoms with E-state index < -0.39 is 68.4 Å². The lowest BCUT2D eigenvalue weighted by molar-refractivity contribution is -0.142. The first kappa shape index (κ1) is 46.0. The van der Waals surface area contributed by atoms with Gasteiger partial charge in [-0.2, -0.15) is 0 Å². The molecule has 304 valence electrons. The summed E-state index contributed by atoms with van der Waals surface area (Å²) < 4.78 is 44.4. The van der Waals surface area contributed by atoms with E-state index in [1.807, 2.05) is 18.2 Å². The lowest BCUT2D eigenvalue weighted by atomic mass is 9.79. The maximum absolute atomic E-state index is 12.3. The number of aliphatic hydroxyl groups is 3. The fraction of sp³-hybridized carbons (Fsp3) is 0.743. The average Bonchev–Trinajstić information content (AvgIpc) is 3.43. The molecule has 1 aliphatic heterocycles. The van der Waals surface area contributed by atoms with Crippen LogP contribution in [0.15, 0.2) is 30.3 Å². The number of carbonyl (C=O) groups excluding carboxylic acids is 2. The van der Waals surface area contributed by atoms with E-state index >= 15 is 0 Å². The molecule has 0 spiro atoms. The number of phosphoric acid groups is 1. The number of thiocarbonyl (C=S) groups is 1. The van der Waals surface area contributed by atoms with Gasteiger partial charge < -0.3 is 55.1 Å². The Labute approximate surface area is 324 Å². The molecule has 1 heterocycles. The van der Waals surface area contributed by atoms with Gasteiger partial charge in [-0.25, -0.2) is 9.36 Å². The highest BCUT2D eigenvalue weighted by Gasteiger charge is 2.47. The van der Waals surface area contributed by atoms with Gasteiger partial charge in [0.25, 0.3) is 0 Å². The number of amides is 1. The molecule has 0 bridgehead atoms. The van der Waals surface area contributed by atoms with Gasteiger partial charge in [-0.1, -0.05) is 56.0 Å². The lowest BCUT2D eigenvalue weighted by Gasteiger charge is -2.42. The zero-order valence-electron chi connectivity index (χ0n) is 31.1. The van der Waals surface area contributed by atoms with Crippen LogP contribution in [-0.4, -0.2) is 128 Å². The summed E-state index contributed by atoms with van der Waals surface area (Å²) >= 11 is 5.40. The van der Waals surface area contributed by atoms with E-state index in [1.54, 1.807) is 12.1 Å². The van der Waals surface area contributed by atoms with Crippen LogP contribution >= 0.6 is 20.0 Å². The number of nitrogens with one attached hydrogen (secondary N) is 3. The van der Waals surface area contributed by atoms with Crippen molar-refractivity contribution < 1.29 is 62.4 Å². The first-order valence-electron chi connectivity index (χ1n) is 18.5. The van der Waals surface area contributed by atoms with Crippen LogP contribution in [0.4, 0.5) is 4.79 Å². The number of hydrogen-bond acceptors (Lipinski definition) is 13. The van der Waals surface area contributed by atoms with Crippen LogP contribution in [0.1, 0.15) is 70.3 Å². The van der Waals surface area contributed by atoms with Gasteiger partial charge in [0.2, 0.25) is 5.91 Å². The number of ether oxygens (including phenoxy) is 4. The topological polar surface area (TPSA) is 224 Å². The number of rotatable bonds is 23. The summed E-state index contributed by atoms with van der Waals surface area (Å²) in [5.41, 5.74) is 0.789. The third kappa shape index (κ3) is 16.0. The maximum Gasteiger partial charge on any atom is 0.508 e. The molecule has 1 amide bonds. The number of unbranched alkanes of at least 4 members (excludes halogenated alkanes) is 5. The van der Waals surface area contributed by atoms with Gasteiger partial charge in [0.1, 0.15) is 39.4 Å². The van der Waals surface area contributed by atoms with Gasteiger partial charge in [-0.3, -0.25) is 13.8 Å². The van der Waals surface area contributed by atoms with Gasteiger partial charge in [0.15, 0.2) is 5.11 Å². The number of phosphoric ester groups is 1. The largest absolute Gasteiger partial charge is 0.508 e. The average molecular weight is 802 g/mol. The van der Waals surface area contributed by atoms with Crippen molar-refractivity contribution in [2.24, 2.45) is 11.8 Å². The molecule has 2 fully saturated rings. The molecule has 2 unspecified atom stereocenters. The van der Waals surface area contributed by atoms with Crippen molar-refractivity contribution in [3.05, 3.63) is 35.9 Å². The highest BCUT2D eigenvalue weighted by atomic mass is 32.1. The number of hydrogen-bond donors (Lipinski definition) is 7. The number of benzene rings is 1. The van der Waals surface area contributed by atoms with Crippen LogP contribution in [0.25, 0.3) is 0 Å². The molecule has 1 aromatic carbocycles. The minimum Gasteiger partial charge on any atom is -0.431 e. The zero-order chi connectivity index (χ0) is 39.5. The Kier molecular flexibility index (Phi) is 20.7. The summed E-state index contributed by atoms with van der Waals surface area (Å²) in [4.78, 5) is 33.8. The Morgan fingerprint density at radius 2 is 1.67 bits per heavy atom. The molecule has 0 aromatic heterocycles. The summed E-state index contributed by atoms with van der Waals surface area (Å²) in [6.45, 7) is 2.58. The van der Waals surface area contributed by atoms with Crippen molar-refractivity contribution in [1.82, 2.24) is 16.0 Å². The smallest absolute Gasteiger partial charge is 0.431 e. The van der Waals surface area contributed by atoms with Gasteiger partial charge in [0.05, 0.1) is 18.2 Å². The number of carbonyl (C=O) groups is 2. The van der Waals surface area contributed by atoms with Crippen LogP contribution in [0.2, 0.25) is 0 Å². The predicted octanol–water partition coefficient (Wildman–Crippen LogP) is 2.19. The summed E-state index contributed by atoms with van der Waals surface area (Å²) in [6, 6.07) is 7.55. The first-order valence-corrected chi connectivity index (χ1v) is 20.4. The minimum absolute atomic E-state index is 0.0245. The second-order valence-electron chi connectivity index (χ2n) is 13.6. The quantitative estimate of drug-likeness (QED) is 0.0277. The molecule has 2 radical (unpaired) electrons.